The number of para-hydroxylation sites is 1. The van der Waals surface area contributed by atoms with Gasteiger partial charge in [0, 0.05) is 29.7 Å². The van der Waals surface area contributed by atoms with Crippen molar-refractivity contribution in [3.63, 3.8) is 0 Å². The number of phenolic OH excluding ortho intramolecular Hbond substituents is 1. The van der Waals surface area contributed by atoms with E-state index in [9.17, 15) is 9.90 Å². The number of thiazole rings is 1. The number of benzene rings is 2. The van der Waals surface area contributed by atoms with Gasteiger partial charge in [-0.05, 0) is 49.8 Å². The fourth-order valence-corrected chi connectivity index (χ4v) is 4.28. The monoisotopic (exact) mass is 432 g/mol. The lowest BCUT2D eigenvalue weighted by Gasteiger charge is -2.20. The molecule has 0 spiro atoms. The first-order valence-electron chi connectivity index (χ1n) is 10.1. The van der Waals surface area contributed by atoms with Crippen molar-refractivity contribution >= 4 is 29.7 Å². The van der Waals surface area contributed by atoms with Crippen LogP contribution in [0.4, 0.5) is 5.69 Å². The second-order valence-corrected chi connectivity index (χ2v) is 7.92. The average molecular weight is 433 g/mol. The quantitative estimate of drug-likeness (QED) is 0.491. The molecule has 0 radical (unpaired) electrons. The van der Waals surface area contributed by atoms with Gasteiger partial charge in [-0.2, -0.15) is 4.68 Å². The number of nitrogens with zero attached hydrogens (tertiary/aromatic N) is 3. The van der Waals surface area contributed by atoms with E-state index in [-0.39, 0.29) is 11.3 Å². The van der Waals surface area contributed by atoms with Gasteiger partial charge >= 0.3 is 0 Å². The molecule has 7 heteroatoms. The second-order valence-electron chi connectivity index (χ2n) is 7.09. The first-order chi connectivity index (χ1) is 15.0. The number of phenols is 1. The summed E-state index contributed by atoms with van der Waals surface area (Å²) >= 11 is 1.32. The molecule has 0 saturated heterocycles. The Kier molecular flexibility index (Phi) is 5.77. The summed E-state index contributed by atoms with van der Waals surface area (Å²) in [5.41, 5.74) is 3.11. The minimum atomic E-state index is -0.212. The van der Waals surface area contributed by atoms with Crippen molar-refractivity contribution in [2.45, 2.75) is 13.8 Å². The van der Waals surface area contributed by atoms with E-state index in [0.29, 0.717) is 27.0 Å². The van der Waals surface area contributed by atoms with Crippen LogP contribution in [-0.4, -0.2) is 33.0 Å². The van der Waals surface area contributed by atoms with Crippen molar-refractivity contribution in [2.24, 2.45) is 0 Å². The third-order valence-corrected chi connectivity index (χ3v) is 6.03. The number of aromatic amines is 1. The predicted molar refractivity (Wildman–Crippen MR) is 128 cm³/mol. The molecule has 31 heavy (non-hydrogen) atoms. The Labute approximate surface area is 184 Å². The Morgan fingerprint density at radius 1 is 1.16 bits per heavy atom. The zero-order valence-corrected chi connectivity index (χ0v) is 18.3. The van der Waals surface area contributed by atoms with Gasteiger partial charge in [0.2, 0.25) is 5.13 Å². The third kappa shape index (κ3) is 4.04. The lowest BCUT2D eigenvalue weighted by atomic mass is 10.1. The van der Waals surface area contributed by atoms with Gasteiger partial charge in [0.05, 0.1) is 16.3 Å². The van der Waals surface area contributed by atoms with Gasteiger partial charge in [0.25, 0.3) is 5.56 Å². The maximum absolute atomic E-state index is 13.0. The van der Waals surface area contributed by atoms with Crippen molar-refractivity contribution < 1.29 is 5.11 Å². The number of hydrogen-bond acceptors (Lipinski definition) is 5. The number of aromatic nitrogens is 3. The Morgan fingerprint density at radius 3 is 2.55 bits per heavy atom. The van der Waals surface area contributed by atoms with Crippen LogP contribution >= 0.6 is 11.3 Å². The van der Waals surface area contributed by atoms with Crippen LogP contribution in [0.25, 0.3) is 29.0 Å². The molecule has 2 N–H and O–H groups in total. The van der Waals surface area contributed by atoms with Crippen molar-refractivity contribution in [3.8, 4) is 22.1 Å². The minimum absolute atomic E-state index is 0.151. The number of nitrogens with one attached hydrogen (secondary N) is 1. The van der Waals surface area contributed by atoms with E-state index in [1.54, 1.807) is 18.2 Å². The fraction of sp³-hybridized carbons (Fsp3) is 0.167. The van der Waals surface area contributed by atoms with Crippen LogP contribution in [0.3, 0.4) is 0 Å². The van der Waals surface area contributed by atoms with Crippen LogP contribution in [0.5, 0.6) is 5.75 Å². The molecule has 2 heterocycles. The van der Waals surface area contributed by atoms with E-state index in [1.165, 1.54) is 16.0 Å². The lowest BCUT2D eigenvalue weighted by Crippen LogP contribution is -2.33. The highest BCUT2D eigenvalue weighted by atomic mass is 32.1. The van der Waals surface area contributed by atoms with Crippen molar-refractivity contribution in [3.05, 3.63) is 80.4 Å². The Hall–Kier alpha value is -3.58. The topological polar surface area (TPSA) is 74.1 Å². The molecule has 0 bridgehead atoms. The molecule has 0 aliphatic rings. The van der Waals surface area contributed by atoms with E-state index in [1.807, 2.05) is 29.7 Å². The van der Waals surface area contributed by atoms with E-state index < -0.39 is 0 Å². The smallest absolute Gasteiger partial charge is 0.281 e. The molecule has 6 nitrogen and oxygen atoms in total. The van der Waals surface area contributed by atoms with Crippen LogP contribution in [0, 0.1) is 0 Å². The van der Waals surface area contributed by atoms with Crippen LogP contribution < -0.4 is 21.0 Å². The highest BCUT2D eigenvalue weighted by Gasteiger charge is 2.12. The zero-order chi connectivity index (χ0) is 22.0. The number of anilines is 1. The molecule has 4 rings (SSSR count). The Morgan fingerprint density at radius 2 is 1.87 bits per heavy atom. The molecule has 0 saturated carbocycles. The molecule has 0 fully saturated rings. The Balaban J connectivity index is 1.70. The highest BCUT2D eigenvalue weighted by Crippen LogP contribution is 2.30. The molecule has 2 aromatic heterocycles. The summed E-state index contributed by atoms with van der Waals surface area (Å²) in [4.78, 5) is 19.8. The van der Waals surface area contributed by atoms with Gasteiger partial charge in [0.15, 0.2) is 0 Å². The van der Waals surface area contributed by atoms with Crippen LogP contribution in [0.1, 0.15) is 19.4 Å². The van der Waals surface area contributed by atoms with Crippen molar-refractivity contribution in [2.75, 3.05) is 18.0 Å². The summed E-state index contributed by atoms with van der Waals surface area (Å²) in [5, 5.41) is 16.4. The summed E-state index contributed by atoms with van der Waals surface area (Å²) in [6, 6.07) is 15.1. The van der Waals surface area contributed by atoms with Gasteiger partial charge in [-0.25, -0.2) is 4.98 Å². The molecule has 0 aliphatic carbocycles. The van der Waals surface area contributed by atoms with E-state index in [4.69, 9.17) is 0 Å². The summed E-state index contributed by atoms with van der Waals surface area (Å²) < 4.78 is 1.40. The number of rotatable bonds is 6. The van der Waals surface area contributed by atoms with Gasteiger partial charge in [-0.3, -0.25) is 9.89 Å². The largest absolute Gasteiger partial charge is 0.507 e. The molecular weight excluding hydrogens is 408 g/mol. The standard InChI is InChI=1S/C24H24N4O2S/c1-4-27(5-2)18-12-10-17(11-13-18)14-20-16(3)26-28(23(20)30)24-25-21(15-31-24)19-8-6-7-9-22(19)29/h6-15,26,29H,3-5H2,1-2H3/b20-14+. The number of H-pyrrole nitrogens is 1. The average Bonchev–Trinajstić information content (AvgIpc) is 3.36. The predicted octanol–water partition coefficient (Wildman–Crippen LogP) is 3.08. The Bertz CT molecular complexity index is 1360. The van der Waals surface area contributed by atoms with E-state index in [0.717, 1.165) is 24.3 Å². The zero-order valence-electron chi connectivity index (χ0n) is 17.5. The first kappa shape index (κ1) is 20.7. The fourth-order valence-electron chi connectivity index (χ4n) is 3.50. The third-order valence-electron chi connectivity index (χ3n) is 5.20. The molecule has 0 aliphatic heterocycles. The van der Waals surface area contributed by atoms with Crippen molar-refractivity contribution in [1.29, 1.82) is 0 Å². The number of hydrogen-bond donors (Lipinski definition) is 2. The summed E-state index contributed by atoms with van der Waals surface area (Å²) in [7, 11) is 0. The van der Waals surface area contributed by atoms with Crippen LogP contribution in [-0.2, 0) is 0 Å². The van der Waals surface area contributed by atoms with Crippen LogP contribution in [0.2, 0.25) is 0 Å². The normalized spacial score (nSPS) is 11.7. The van der Waals surface area contributed by atoms with Crippen LogP contribution in [0.15, 0.2) is 58.7 Å². The lowest BCUT2D eigenvalue weighted by molar-refractivity contribution is 0.477. The first-order valence-corrected chi connectivity index (χ1v) is 11.0. The molecule has 0 unspecified atom stereocenters. The highest BCUT2D eigenvalue weighted by molar-refractivity contribution is 7.12. The molecule has 0 amide bonds. The molecular formula is C24H24N4O2S. The molecule has 0 atom stereocenters. The maximum atomic E-state index is 13.0. The van der Waals surface area contributed by atoms with Gasteiger partial charge in [-0.15, -0.1) is 11.3 Å². The second kappa shape index (κ2) is 8.65. The van der Waals surface area contributed by atoms with Gasteiger partial charge in [0.1, 0.15) is 5.75 Å². The van der Waals surface area contributed by atoms with Crippen molar-refractivity contribution in [1.82, 2.24) is 14.8 Å². The number of aromatic hydroxyl groups is 1. The summed E-state index contributed by atoms with van der Waals surface area (Å²) in [6.07, 6.45) is 1.83. The SMILES string of the molecule is C=c1[nH]n(-c2nc(-c3ccccc3O)cs2)c(=O)/c1=C/c1ccc(N(CC)CC)cc1. The summed E-state index contributed by atoms with van der Waals surface area (Å²) in [6.45, 7) is 10.1. The van der Waals surface area contributed by atoms with E-state index >= 15 is 0 Å². The van der Waals surface area contributed by atoms with Gasteiger partial charge in [-0.1, -0.05) is 30.8 Å². The minimum Gasteiger partial charge on any atom is -0.507 e. The van der Waals surface area contributed by atoms with Gasteiger partial charge < -0.3 is 10.0 Å². The van der Waals surface area contributed by atoms with E-state index in [2.05, 4.69) is 47.5 Å². The molecule has 2 aromatic carbocycles. The summed E-state index contributed by atoms with van der Waals surface area (Å²) in [5.74, 6) is 0.151. The maximum Gasteiger partial charge on any atom is 0.281 e. The molecule has 158 valence electrons. The molecule has 4 aromatic rings.